The quantitative estimate of drug-likeness (QED) is 0.411. The van der Waals surface area contributed by atoms with E-state index in [4.69, 9.17) is 0 Å². The van der Waals surface area contributed by atoms with Gasteiger partial charge >= 0.3 is 0 Å². The molecule has 0 nitrogen and oxygen atoms in total. The van der Waals surface area contributed by atoms with Crippen molar-refractivity contribution in [3.63, 3.8) is 0 Å². The number of halogens is 1. The monoisotopic (exact) mass is 196 g/mol. The molecule has 1 fully saturated rings. The van der Waals surface area contributed by atoms with Crippen LogP contribution in [0.3, 0.4) is 0 Å². The maximum atomic E-state index is 2.51. The maximum Gasteiger partial charge on any atom is 0.0223 e. The smallest absolute Gasteiger partial charge is 0.0223 e. The van der Waals surface area contributed by atoms with E-state index in [1.807, 2.05) is 0 Å². The van der Waals surface area contributed by atoms with E-state index in [0.717, 1.165) is 5.92 Å². The van der Waals surface area contributed by atoms with Gasteiger partial charge in [-0.05, 0) is 12.3 Å². The Morgan fingerprint density at radius 3 is 2.00 bits per heavy atom. The van der Waals surface area contributed by atoms with Crippen LogP contribution in [0.25, 0.3) is 0 Å². The SMILES string of the molecule is C[C@H]1C[C@@]1(C)I. The van der Waals surface area contributed by atoms with Gasteiger partial charge in [0.05, 0.1) is 0 Å². The van der Waals surface area contributed by atoms with Gasteiger partial charge in [0.2, 0.25) is 0 Å². The van der Waals surface area contributed by atoms with E-state index in [1.165, 1.54) is 6.42 Å². The summed E-state index contributed by atoms with van der Waals surface area (Å²) in [6.45, 7) is 4.60. The van der Waals surface area contributed by atoms with Gasteiger partial charge in [-0.25, -0.2) is 0 Å². The van der Waals surface area contributed by atoms with Crippen molar-refractivity contribution in [3.8, 4) is 0 Å². The molecule has 0 radical (unpaired) electrons. The minimum atomic E-state index is 0.678. The molecule has 0 bridgehead atoms. The van der Waals surface area contributed by atoms with Gasteiger partial charge in [0, 0.05) is 3.42 Å². The van der Waals surface area contributed by atoms with E-state index < -0.39 is 0 Å². The minimum Gasteiger partial charge on any atom is -0.0789 e. The number of hydrogen-bond acceptors (Lipinski definition) is 0. The molecule has 0 aliphatic heterocycles. The standard InChI is InChI=1S/C5H9I/c1-4-3-5(4,2)6/h4H,3H2,1-2H3/t4-,5+/m0/s1. The summed E-state index contributed by atoms with van der Waals surface area (Å²) in [5.41, 5.74) is 0. The Kier molecular flexibility index (Phi) is 0.905. The molecule has 0 aromatic heterocycles. The Balaban J connectivity index is 2.41. The Morgan fingerprint density at radius 2 is 2.00 bits per heavy atom. The van der Waals surface area contributed by atoms with E-state index in [0.29, 0.717) is 3.42 Å². The third-order valence-electron chi connectivity index (χ3n) is 1.57. The molecule has 0 aromatic carbocycles. The first-order chi connectivity index (χ1) is 2.63. The van der Waals surface area contributed by atoms with E-state index in [1.54, 1.807) is 0 Å². The Labute approximate surface area is 52.5 Å². The molecule has 0 heterocycles. The molecule has 0 aromatic rings. The minimum absolute atomic E-state index is 0.678. The molecule has 0 unspecified atom stereocenters. The molecule has 0 saturated heterocycles. The zero-order valence-corrected chi connectivity index (χ0v) is 6.32. The lowest BCUT2D eigenvalue weighted by atomic mass is 10.4. The third kappa shape index (κ3) is 0.695. The van der Waals surface area contributed by atoms with Gasteiger partial charge in [-0.2, -0.15) is 0 Å². The van der Waals surface area contributed by atoms with Crippen LogP contribution in [0.15, 0.2) is 0 Å². The Morgan fingerprint density at radius 1 is 1.83 bits per heavy atom. The van der Waals surface area contributed by atoms with Crippen LogP contribution in [0.4, 0.5) is 0 Å². The lowest BCUT2D eigenvalue weighted by Gasteiger charge is -1.89. The highest BCUT2D eigenvalue weighted by Crippen LogP contribution is 2.50. The van der Waals surface area contributed by atoms with Gasteiger partial charge in [-0.3, -0.25) is 0 Å². The predicted octanol–water partition coefficient (Wildman–Crippen LogP) is 2.22. The van der Waals surface area contributed by atoms with Crippen molar-refractivity contribution in [1.29, 1.82) is 0 Å². The summed E-state index contributed by atoms with van der Waals surface area (Å²) in [5, 5.41) is 0. The highest BCUT2D eigenvalue weighted by Gasteiger charge is 2.43. The van der Waals surface area contributed by atoms with Gasteiger partial charge in [0.15, 0.2) is 0 Å². The van der Waals surface area contributed by atoms with Gasteiger partial charge in [0.1, 0.15) is 0 Å². The molecule has 1 heteroatoms. The van der Waals surface area contributed by atoms with Crippen molar-refractivity contribution in [2.45, 2.75) is 23.7 Å². The molecule has 36 valence electrons. The molecule has 1 saturated carbocycles. The molecule has 1 aliphatic carbocycles. The van der Waals surface area contributed by atoms with E-state index >= 15 is 0 Å². The van der Waals surface area contributed by atoms with Crippen LogP contribution in [-0.2, 0) is 0 Å². The molecule has 6 heavy (non-hydrogen) atoms. The van der Waals surface area contributed by atoms with Crippen molar-refractivity contribution < 1.29 is 0 Å². The number of alkyl halides is 1. The lowest BCUT2D eigenvalue weighted by molar-refractivity contribution is 0.904. The highest BCUT2D eigenvalue weighted by molar-refractivity contribution is 14.1. The molecule has 1 aliphatic rings. The van der Waals surface area contributed by atoms with Crippen LogP contribution in [0.2, 0.25) is 0 Å². The maximum absolute atomic E-state index is 2.51. The van der Waals surface area contributed by atoms with Crippen molar-refractivity contribution in [2.24, 2.45) is 5.92 Å². The number of rotatable bonds is 0. The molecule has 0 N–H and O–H groups in total. The van der Waals surface area contributed by atoms with Crippen molar-refractivity contribution >= 4 is 22.6 Å². The summed E-state index contributed by atoms with van der Waals surface area (Å²) < 4.78 is 0.678. The molecule has 0 spiro atoms. The summed E-state index contributed by atoms with van der Waals surface area (Å²) in [5.74, 6) is 0.984. The van der Waals surface area contributed by atoms with E-state index in [-0.39, 0.29) is 0 Å². The summed E-state index contributed by atoms with van der Waals surface area (Å²) in [7, 11) is 0. The van der Waals surface area contributed by atoms with E-state index in [2.05, 4.69) is 36.4 Å². The van der Waals surface area contributed by atoms with Gasteiger partial charge < -0.3 is 0 Å². The third-order valence-corrected chi connectivity index (χ3v) is 3.08. The fraction of sp³-hybridized carbons (Fsp3) is 1.00. The van der Waals surface area contributed by atoms with Crippen LogP contribution in [-0.4, -0.2) is 3.42 Å². The fourth-order valence-electron chi connectivity index (χ4n) is 0.540. The second kappa shape index (κ2) is 1.11. The normalized spacial score (nSPS) is 55.5. The first kappa shape index (κ1) is 4.88. The summed E-state index contributed by atoms with van der Waals surface area (Å²) in [6, 6.07) is 0. The average Bonchev–Trinajstić information content (AvgIpc) is 1.73. The fourth-order valence-corrected chi connectivity index (χ4v) is 1.20. The van der Waals surface area contributed by atoms with Crippen LogP contribution in [0.1, 0.15) is 20.3 Å². The molecule has 0 amide bonds. The van der Waals surface area contributed by atoms with Crippen molar-refractivity contribution in [3.05, 3.63) is 0 Å². The van der Waals surface area contributed by atoms with Crippen LogP contribution < -0.4 is 0 Å². The van der Waals surface area contributed by atoms with Gasteiger partial charge in [-0.15, -0.1) is 0 Å². The Hall–Kier alpha value is 0.730. The highest BCUT2D eigenvalue weighted by atomic mass is 127. The van der Waals surface area contributed by atoms with Crippen LogP contribution in [0.5, 0.6) is 0 Å². The van der Waals surface area contributed by atoms with Gasteiger partial charge in [-0.1, -0.05) is 36.4 Å². The Bertz CT molecular complexity index is 66.3. The summed E-state index contributed by atoms with van der Waals surface area (Å²) in [4.78, 5) is 0. The summed E-state index contributed by atoms with van der Waals surface area (Å²) in [6.07, 6.45) is 1.42. The predicted molar refractivity (Wildman–Crippen MR) is 36.2 cm³/mol. The number of hydrogen-bond donors (Lipinski definition) is 0. The average molecular weight is 196 g/mol. The second-order valence-electron chi connectivity index (χ2n) is 2.38. The van der Waals surface area contributed by atoms with Crippen molar-refractivity contribution in [1.82, 2.24) is 0 Å². The molecular formula is C5H9I. The largest absolute Gasteiger partial charge is 0.0789 e. The van der Waals surface area contributed by atoms with Crippen LogP contribution >= 0.6 is 22.6 Å². The second-order valence-corrected chi connectivity index (χ2v) is 4.85. The first-order valence-electron chi connectivity index (χ1n) is 2.32. The van der Waals surface area contributed by atoms with Gasteiger partial charge in [0.25, 0.3) is 0 Å². The molecule has 1 rings (SSSR count). The summed E-state index contributed by atoms with van der Waals surface area (Å²) >= 11 is 2.51. The van der Waals surface area contributed by atoms with Crippen LogP contribution in [0, 0.1) is 5.92 Å². The lowest BCUT2D eigenvalue weighted by Crippen LogP contribution is -1.86. The zero-order chi connectivity index (χ0) is 4.78. The van der Waals surface area contributed by atoms with Crippen molar-refractivity contribution in [2.75, 3.05) is 0 Å². The topological polar surface area (TPSA) is 0 Å². The molecular weight excluding hydrogens is 187 g/mol. The zero-order valence-electron chi connectivity index (χ0n) is 4.16. The molecule has 2 atom stereocenters. The first-order valence-corrected chi connectivity index (χ1v) is 3.40. The van der Waals surface area contributed by atoms with E-state index in [9.17, 15) is 0 Å².